The van der Waals surface area contributed by atoms with Crippen LogP contribution in [0, 0.1) is 0 Å². The molecular formula is C31H19NS. The molecule has 0 spiro atoms. The van der Waals surface area contributed by atoms with Crippen molar-refractivity contribution in [2.45, 2.75) is 6.42 Å². The van der Waals surface area contributed by atoms with Crippen molar-refractivity contribution in [3.05, 3.63) is 114 Å². The van der Waals surface area contributed by atoms with Crippen LogP contribution in [0.15, 0.2) is 103 Å². The van der Waals surface area contributed by atoms with Gasteiger partial charge in [-0.05, 0) is 65.1 Å². The minimum Gasteiger partial charge on any atom is -0.309 e. The predicted octanol–water partition coefficient (Wildman–Crippen LogP) is 8.72. The summed E-state index contributed by atoms with van der Waals surface area (Å²) in [5.41, 5.74) is 9.50. The summed E-state index contributed by atoms with van der Waals surface area (Å²) in [6.07, 6.45) is 1.04. The molecule has 0 bridgehead atoms. The van der Waals surface area contributed by atoms with Crippen LogP contribution < -0.4 is 0 Å². The minimum atomic E-state index is 1.04. The predicted molar refractivity (Wildman–Crippen MR) is 142 cm³/mol. The van der Waals surface area contributed by atoms with E-state index in [9.17, 15) is 0 Å². The quantitative estimate of drug-likeness (QED) is 0.242. The van der Waals surface area contributed by atoms with Crippen LogP contribution in [0.1, 0.15) is 11.1 Å². The van der Waals surface area contributed by atoms with Gasteiger partial charge < -0.3 is 4.57 Å². The maximum Gasteiger partial charge on any atom is 0.0555 e. The van der Waals surface area contributed by atoms with Gasteiger partial charge in [0, 0.05) is 36.6 Å². The second kappa shape index (κ2) is 6.34. The van der Waals surface area contributed by atoms with E-state index in [1.54, 1.807) is 0 Å². The fourth-order valence-corrected chi connectivity index (χ4v) is 6.94. The molecule has 2 heterocycles. The van der Waals surface area contributed by atoms with E-state index in [0.29, 0.717) is 0 Å². The summed E-state index contributed by atoms with van der Waals surface area (Å²) >= 11 is 1.92. The topological polar surface area (TPSA) is 4.93 Å². The SMILES string of the molecule is c1ccc(-n2c3ccccc3c3cc4c(cc32)sc2ccc3c(c24)-c2ccccc2C3)cc1. The van der Waals surface area contributed by atoms with Gasteiger partial charge in [0.15, 0.2) is 0 Å². The fraction of sp³-hybridized carbons (Fsp3) is 0.0323. The average molecular weight is 438 g/mol. The second-order valence-electron chi connectivity index (χ2n) is 8.96. The number of aromatic nitrogens is 1. The van der Waals surface area contributed by atoms with E-state index in [-0.39, 0.29) is 0 Å². The molecule has 33 heavy (non-hydrogen) atoms. The Morgan fingerprint density at radius 3 is 2.33 bits per heavy atom. The molecule has 1 aliphatic rings. The molecule has 0 N–H and O–H groups in total. The monoisotopic (exact) mass is 437 g/mol. The van der Waals surface area contributed by atoms with Crippen molar-refractivity contribution in [2.24, 2.45) is 0 Å². The molecule has 8 rings (SSSR count). The number of fused-ring (bicyclic) bond motifs is 10. The van der Waals surface area contributed by atoms with Gasteiger partial charge in [-0.3, -0.25) is 0 Å². The third kappa shape index (κ3) is 2.31. The van der Waals surface area contributed by atoms with Crippen LogP contribution in [0.4, 0.5) is 0 Å². The van der Waals surface area contributed by atoms with E-state index >= 15 is 0 Å². The van der Waals surface area contributed by atoms with E-state index in [0.717, 1.165) is 6.42 Å². The highest BCUT2D eigenvalue weighted by molar-refractivity contribution is 7.26. The average Bonchev–Trinajstić information content (AvgIpc) is 3.51. The molecule has 2 heteroatoms. The Labute approximate surface area is 195 Å². The molecule has 0 unspecified atom stereocenters. The van der Waals surface area contributed by atoms with Gasteiger partial charge in [-0.1, -0.05) is 66.7 Å². The van der Waals surface area contributed by atoms with Gasteiger partial charge in [0.1, 0.15) is 0 Å². The van der Waals surface area contributed by atoms with E-state index in [2.05, 4.69) is 108 Å². The lowest BCUT2D eigenvalue weighted by atomic mass is 9.98. The van der Waals surface area contributed by atoms with Crippen molar-refractivity contribution in [3.63, 3.8) is 0 Å². The molecule has 0 radical (unpaired) electrons. The van der Waals surface area contributed by atoms with Gasteiger partial charge in [0.2, 0.25) is 0 Å². The zero-order valence-corrected chi connectivity index (χ0v) is 18.7. The Morgan fingerprint density at radius 1 is 0.576 bits per heavy atom. The molecule has 0 atom stereocenters. The molecule has 1 nitrogen and oxygen atoms in total. The number of nitrogens with zero attached hydrogens (tertiary/aromatic N) is 1. The molecule has 0 amide bonds. The van der Waals surface area contributed by atoms with Crippen LogP contribution in [0.5, 0.6) is 0 Å². The molecular weight excluding hydrogens is 418 g/mol. The number of hydrogen-bond acceptors (Lipinski definition) is 1. The van der Waals surface area contributed by atoms with Crippen LogP contribution in [-0.4, -0.2) is 4.57 Å². The van der Waals surface area contributed by atoms with Gasteiger partial charge in [-0.15, -0.1) is 11.3 Å². The zero-order valence-electron chi connectivity index (χ0n) is 17.9. The van der Waals surface area contributed by atoms with Crippen LogP contribution in [0.3, 0.4) is 0 Å². The third-order valence-corrected chi connectivity index (χ3v) is 8.32. The Balaban J connectivity index is 1.55. The Bertz CT molecular complexity index is 1890. The zero-order chi connectivity index (χ0) is 21.5. The number of rotatable bonds is 1. The molecule has 7 aromatic rings. The largest absolute Gasteiger partial charge is 0.309 e. The first-order valence-corrected chi connectivity index (χ1v) is 12.2. The third-order valence-electron chi connectivity index (χ3n) is 7.20. The molecule has 1 aliphatic carbocycles. The lowest BCUT2D eigenvalue weighted by molar-refractivity contribution is 1.18. The number of thiophene rings is 1. The first-order chi connectivity index (χ1) is 16.4. The Morgan fingerprint density at radius 2 is 1.39 bits per heavy atom. The highest BCUT2D eigenvalue weighted by atomic mass is 32.1. The van der Waals surface area contributed by atoms with E-state index in [1.165, 1.54) is 69.9 Å². The molecule has 5 aromatic carbocycles. The maximum absolute atomic E-state index is 2.45. The van der Waals surface area contributed by atoms with Crippen molar-refractivity contribution < 1.29 is 0 Å². The van der Waals surface area contributed by atoms with Gasteiger partial charge in [0.05, 0.1) is 11.0 Å². The molecule has 0 saturated heterocycles. The second-order valence-corrected chi connectivity index (χ2v) is 10.0. The summed E-state index contributed by atoms with van der Waals surface area (Å²) in [7, 11) is 0. The highest BCUT2D eigenvalue weighted by Crippen LogP contribution is 2.48. The maximum atomic E-state index is 2.45. The van der Waals surface area contributed by atoms with E-state index < -0.39 is 0 Å². The summed E-state index contributed by atoms with van der Waals surface area (Å²) < 4.78 is 5.15. The molecule has 0 aliphatic heterocycles. The van der Waals surface area contributed by atoms with Crippen LogP contribution >= 0.6 is 11.3 Å². The molecule has 2 aromatic heterocycles. The van der Waals surface area contributed by atoms with Crippen molar-refractivity contribution in [3.8, 4) is 16.8 Å². The normalized spacial score (nSPS) is 12.7. The molecule has 154 valence electrons. The van der Waals surface area contributed by atoms with Crippen LogP contribution in [-0.2, 0) is 6.42 Å². The summed E-state index contributed by atoms with van der Waals surface area (Å²) in [6.45, 7) is 0. The molecule has 0 fully saturated rings. The van der Waals surface area contributed by atoms with Gasteiger partial charge in [0.25, 0.3) is 0 Å². The standard InChI is InChI=1S/C31H19NS/c1-2-9-21(10-3-1)32-26-13-7-6-12-23(26)24-17-25-29(18-27(24)32)33-28-15-14-20-16-19-8-4-5-11-22(19)30(20)31(25)28/h1-15,17-18H,16H2. The molecule has 0 saturated carbocycles. The highest BCUT2D eigenvalue weighted by Gasteiger charge is 2.23. The lowest BCUT2D eigenvalue weighted by Crippen LogP contribution is -1.92. The van der Waals surface area contributed by atoms with Crippen molar-refractivity contribution in [2.75, 3.05) is 0 Å². The van der Waals surface area contributed by atoms with E-state index in [4.69, 9.17) is 0 Å². The van der Waals surface area contributed by atoms with Gasteiger partial charge in [-0.2, -0.15) is 0 Å². The Kier molecular flexibility index (Phi) is 3.39. The first-order valence-electron chi connectivity index (χ1n) is 11.4. The smallest absolute Gasteiger partial charge is 0.0555 e. The van der Waals surface area contributed by atoms with Gasteiger partial charge in [-0.25, -0.2) is 0 Å². The number of hydrogen-bond donors (Lipinski definition) is 0. The van der Waals surface area contributed by atoms with Crippen molar-refractivity contribution in [1.29, 1.82) is 0 Å². The minimum absolute atomic E-state index is 1.04. The van der Waals surface area contributed by atoms with Crippen molar-refractivity contribution in [1.82, 2.24) is 4.57 Å². The van der Waals surface area contributed by atoms with Crippen LogP contribution in [0.2, 0.25) is 0 Å². The summed E-state index contributed by atoms with van der Waals surface area (Å²) in [5, 5.41) is 5.44. The summed E-state index contributed by atoms with van der Waals surface area (Å²) in [6, 6.07) is 38.0. The Hall–Kier alpha value is -3.88. The summed E-state index contributed by atoms with van der Waals surface area (Å²) in [4.78, 5) is 0. The number of benzene rings is 5. The van der Waals surface area contributed by atoms with E-state index in [1.807, 2.05) is 11.3 Å². The lowest BCUT2D eigenvalue weighted by Gasteiger charge is -2.07. The first kappa shape index (κ1) is 17.6. The fourth-order valence-electron chi connectivity index (χ4n) is 5.81. The number of para-hydroxylation sites is 2. The summed E-state index contributed by atoms with van der Waals surface area (Å²) in [5.74, 6) is 0. The van der Waals surface area contributed by atoms with Crippen molar-refractivity contribution >= 4 is 53.3 Å². The van der Waals surface area contributed by atoms with Gasteiger partial charge >= 0.3 is 0 Å². The van der Waals surface area contributed by atoms with Crippen LogP contribution in [0.25, 0.3) is 58.8 Å².